The molecule has 1 heterocycles. The quantitative estimate of drug-likeness (QED) is 0.811. The van der Waals surface area contributed by atoms with Crippen LogP contribution in [0, 0.1) is 12.8 Å². The highest BCUT2D eigenvalue weighted by Gasteiger charge is 2.24. The average Bonchev–Trinajstić information content (AvgIpc) is 3.04. The minimum atomic E-state index is 0. The predicted octanol–water partition coefficient (Wildman–Crippen LogP) is 4.11. The van der Waals surface area contributed by atoms with E-state index in [1.165, 1.54) is 24.0 Å². The molecule has 2 rings (SSSR count). The summed E-state index contributed by atoms with van der Waals surface area (Å²) in [7, 11) is 0. The Hall–Kier alpha value is -1.06. The first kappa shape index (κ1) is 20.0. The van der Waals surface area contributed by atoms with Crippen molar-refractivity contribution in [3.63, 3.8) is 0 Å². The Labute approximate surface area is 147 Å². The first-order valence-electron chi connectivity index (χ1n) is 8.74. The first-order chi connectivity index (χ1) is 10.7. The normalized spacial score (nSPS) is 16.2. The van der Waals surface area contributed by atoms with E-state index >= 15 is 0 Å². The molecule has 23 heavy (non-hydrogen) atoms. The first-order valence-corrected chi connectivity index (χ1v) is 8.74. The van der Waals surface area contributed by atoms with Crippen LogP contribution < -0.4 is 5.32 Å². The van der Waals surface area contributed by atoms with E-state index in [-0.39, 0.29) is 24.2 Å². The minimum absolute atomic E-state index is 0. The maximum atomic E-state index is 12.3. The lowest BCUT2D eigenvalue weighted by Crippen LogP contribution is -2.39. The lowest BCUT2D eigenvalue weighted by Gasteiger charge is -2.29. The average molecular weight is 339 g/mol. The van der Waals surface area contributed by atoms with Gasteiger partial charge in [-0.2, -0.15) is 0 Å². The van der Waals surface area contributed by atoms with Gasteiger partial charge in [-0.15, -0.1) is 12.4 Å². The number of carbonyl (C=O) groups is 1. The lowest BCUT2D eigenvalue weighted by molar-refractivity contribution is -0.125. The highest BCUT2D eigenvalue weighted by molar-refractivity contribution is 5.85. The second-order valence-electron chi connectivity index (χ2n) is 6.43. The van der Waals surface area contributed by atoms with Crippen LogP contribution in [0.15, 0.2) is 24.3 Å². The van der Waals surface area contributed by atoms with Gasteiger partial charge < -0.3 is 5.32 Å². The minimum Gasteiger partial charge on any atom is -0.354 e. The van der Waals surface area contributed by atoms with Crippen molar-refractivity contribution in [2.24, 2.45) is 5.92 Å². The fourth-order valence-electron chi connectivity index (χ4n) is 3.30. The number of nitrogens with zero attached hydrogens (tertiary/aromatic N) is 1. The zero-order valence-electron chi connectivity index (χ0n) is 14.7. The Kier molecular flexibility index (Phi) is 8.64. The third-order valence-electron chi connectivity index (χ3n) is 4.87. The number of benzene rings is 1. The summed E-state index contributed by atoms with van der Waals surface area (Å²) in [5.41, 5.74) is 2.60. The largest absolute Gasteiger partial charge is 0.354 e. The van der Waals surface area contributed by atoms with Crippen molar-refractivity contribution in [1.29, 1.82) is 0 Å². The molecule has 1 saturated heterocycles. The number of carbonyl (C=O) groups excluding carboxylic acids is 1. The number of likely N-dealkylation sites (tertiary alicyclic amines) is 1. The fourth-order valence-corrected chi connectivity index (χ4v) is 3.30. The molecule has 0 aromatic heterocycles. The van der Waals surface area contributed by atoms with Crippen molar-refractivity contribution in [2.75, 3.05) is 19.6 Å². The van der Waals surface area contributed by atoms with Gasteiger partial charge in [0, 0.05) is 12.5 Å². The third-order valence-corrected chi connectivity index (χ3v) is 4.87. The molecule has 1 aliphatic heterocycles. The van der Waals surface area contributed by atoms with Crippen LogP contribution in [0.3, 0.4) is 0 Å². The van der Waals surface area contributed by atoms with E-state index < -0.39 is 0 Å². The molecule has 0 aliphatic carbocycles. The monoisotopic (exact) mass is 338 g/mol. The topological polar surface area (TPSA) is 32.3 Å². The molecule has 1 aromatic rings. The smallest absolute Gasteiger partial charge is 0.223 e. The van der Waals surface area contributed by atoms with Crippen molar-refractivity contribution in [1.82, 2.24) is 10.2 Å². The molecule has 1 aliphatic rings. The van der Waals surface area contributed by atoms with Gasteiger partial charge in [-0.3, -0.25) is 9.69 Å². The molecule has 1 amide bonds. The van der Waals surface area contributed by atoms with Crippen molar-refractivity contribution >= 4 is 18.3 Å². The van der Waals surface area contributed by atoms with Gasteiger partial charge in [0.05, 0.1) is 6.04 Å². The van der Waals surface area contributed by atoms with Crippen LogP contribution in [0.25, 0.3) is 0 Å². The van der Waals surface area contributed by atoms with Crippen LogP contribution in [0.4, 0.5) is 0 Å². The van der Waals surface area contributed by atoms with Gasteiger partial charge in [-0.1, -0.05) is 43.7 Å². The molecule has 0 bridgehead atoms. The van der Waals surface area contributed by atoms with Crippen LogP contribution in [-0.2, 0) is 4.79 Å². The standard InChI is InChI=1S/C19H30N2O.ClH/c1-4-16(5-2)19(22)20-14-18(21-12-6-7-13-21)17-10-8-15(3)9-11-17;/h8-11,16,18H,4-7,12-14H2,1-3H3,(H,20,22);1H. The molecule has 4 heteroatoms. The summed E-state index contributed by atoms with van der Waals surface area (Å²) >= 11 is 0. The zero-order valence-corrected chi connectivity index (χ0v) is 15.5. The summed E-state index contributed by atoms with van der Waals surface area (Å²) in [5.74, 6) is 0.360. The number of rotatable bonds is 7. The molecule has 0 radical (unpaired) electrons. The maximum Gasteiger partial charge on any atom is 0.223 e. The lowest BCUT2D eigenvalue weighted by atomic mass is 10.0. The van der Waals surface area contributed by atoms with Crippen LogP contribution >= 0.6 is 12.4 Å². The summed E-state index contributed by atoms with van der Waals surface area (Å²) < 4.78 is 0. The summed E-state index contributed by atoms with van der Waals surface area (Å²) in [6, 6.07) is 9.06. The van der Waals surface area contributed by atoms with Gasteiger partial charge >= 0.3 is 0 Å². The van der Waals surface area contributed by atoms with Crippen LogP contribution in [-0.4, -0.2) is 30.4 Å². The van der Waals surface area contributed by atoms with Crippen LogP contribution in [0.2, 0.25) is 0 Å². The Morgan fingerprint density at radius 2 is 1.70 bits per heavy atom. The summed E-state index contributed by atoms with van der Waals surface area (Å²) in [4.78, 5) is 14.8. The molecular weight excluding hydrogens is 308 g/mol. The highest BCUT2D eigenvalue weighted by Crippen LogP contribution is 2.25. The van der Waals surface area contributed by atoms with E-state index in [4.69, 9.17) is 0 Å². The van der Waals surface area contributed by atoms with E-state index in [0.29, 0.717) is 6.04 Å². The van der Waals surface area contributed by atoms with Gasteiger partial charge in [0.25, 0.3) is 0 Å². The molecule has 130 valence electrons. The Balaban J connectivity index is 0.00000264. The molecule has 0 saturated carbocycles. The van der Waals surface area contributed by atoms with E-state index in [1.54, 1.807) is 0 Å². The molecular formula is C19H31ClN2O. The predicted molar refractivity (Wildman–Crippen MR) is 99.1 cm³/mol. The Morgan fingerprint density at radius 3 is 2.22 bits per heavy atom. The van der Waals surface area contributed by atoms with Crippen LogP contribution in [0.1, 0.15) is 56.7 Å². The van der Waals surface area contributed by atoms with Gasteiger partial charge in [0.1, 0.15) is 0 Å². The van der Waals surface area contributed by atoms with Crippen molar-refractivity contribution in [3.8, 4) is 0 Å². The molecule has 1 aromatic carbocycles. The van der Waals surface area contributed by atoms with Gasteiger partial charge in [0.15, 0.2) is 0 Å². The zero-order chi connectivity index (χ0) is 15.9. The molecule has 1 atom stereocenters. The number of halogens is 1. The third kappa shape index (κ3) is 5.50. The van der Waals surface area contributed by atoms with E-state index in [9.17, 15) is 4.79 Å². The van der Waals surface area contributed by atoms with Gasteiger partial charge in [-0.25, -0.2) is 0 Å². The van der Waals surface area contributed by atoms with Gasteiger partial charge in [0.2, 0.25) is 5.91 Å². The number of aryl methyl sites for hydroxylation is 1. The molecule has 0 spiro atoms. The second-order valence-corrected chi connectivity index (χ2v) is 6.43. The van der Waals surface area contributed by atoms with E-state index in [0.717, 1.165) is 32.5 Å². The SMILES string of the molecule is CCC(CC)C(=O)NCC(c1ccc(C)cc1)N1CCCC1.Cl. The van der Waals surface area contributed by atoms with Crippen molar-refractivity contribution in [3.05, 3.63) is 35.4 Å². The summed E-state index contributed by atoms with van der Waals surface area (Å²) in [6.45, 7) is 9.29. The highest BCUT2D eigenvalue weighted by atomic mass is 35.5. The van der Waals surface area contributed by atoms with E-state index in [2.05, 4.69) is 55.3 Å². The van der Waals surface area contributed by atoms with Crippen molar-refractivity contribution < 1.29 is 4.79 Å². The molecule has 1 N–H and O–H groups in total. The maximum absolute atomic E-state index is 12.3. The number of hydrogen-bond donors (Lipinski definition) is 1. The fraction of sp³-hybridized carbons (Fsp3) is 0.632. The van der Waals surface area contributed by atoms with Crippen LogP contribution in [0.5, 0.6) is 0 Å². The second kappa shape index (κ2) is 9.94. The Morgan fingerprint density at radius 1 is 1.13 bits per heavy atom. The number of amides is 1. The van der Waals surface area contributed by atoms with E-state index in [1.807, 2.05) is 0 Å². The molecule has 3 nitrogen and oxygen atoms in total. The molecule has 1 unspecified atom stereocenters. The van der Waals surface area contributed by atoms with Gasteiger partial charge in [-0.05, 0) is 51.3 Å². The summed E-state index contributed by atoms with van der Waals surface area (Å²) in [6.07, 6.45) is 4.37. The Bertz CT molecular complexity index is 465. The molecule has 1 fully saturated rings. The summed E-state index contributed by atoms with van der Waals surface area (Å²) in [5, 5.41) is 3.19. The number of nitrogens with one attached hydrogen (secondary N) is 1. The number of hydrogen-bond acceptors (Lipinski definition) is 2. The van der Waals surface area contributed by atoms with Crippen molar-refractivity contribution in [2.45, 2.75) is 52.5 Å².